The largest absolute Gasteiger partial charge is 0.476 e. The van der Waals surface area contributed by atoms with Crippen LogP contribution in [0.25, 0.3) is 22.2 Å². The second-order valence-corrected chi connectivity index (χ2v) is 8.58. The number of nitrogens with two attached hydrogens (primary N) is 1. The van der Waals surface area contributed by atoms with Crippen LogP contribution >= 0.6 is 0 Å². The van der Waals surface area contributed by atoms with Crippen molar-refractivity contribution in [3.8, 4) is 17.0 Å². The predicted molar refractivity (Wildman–Crippen MR) is 129 cm³/mol. The van der Waals surface area contributed by atoms with E-state index in [1.807, 2.05) is 6.07 Å². The van der Waals surface area contributed by atoms with Crippen LogP contribution in [-0.2, 0) is 0 Å². The highest BCUT2D eigenvalue weighted by Crippen LogP contribution is 2.28. The van der Waals surface area contributed by atoms with Crippen molar-refractivity contribution in [3.63, 3.8) is 0 Å². The van der Waals surface area contributed by atoms with Crippen LogP contribution in [0, 0.1) is 11.6 Å². The van der Waals surface area contributed by atoms with E-state index in [0.29, 0.717) is 29.1 Å². The maximum atomic E-state index is 14.8. The Morgan fingerprint density at radius 1 is 1.03 bits per heavy atom. The fraction of sp³-hybridized carbons (Fsp3) is 0.231. The Bertz CT molecular complexity index is 1450. The number of nitrogens with zero attached hydrogens (tertiary/aromatic N) is 3. The summed E-state index contributed by atoms with van der Waals surface area (Å²) < 4.78 is 35.0. The lowest BCUT2D eigenvalue weighted by molar-refractivity contribution is 0.0996. The predicted octanol–water partition coefficient (Wildman–Crippen LogP) is 3.71. The van der Waals surface area contributed by atoms with Crippen LogP contribution in [0.15, 0.2) is 48.9 Å². The number of fused-ring (bicyclic) bond motifs is 1. The summed E-state index contributed by atoms with van der Waals surface area (Å²) in [7, 11) is 0. The van der Waals surface area contributed by atoms with Crippen molar-refractivity contribution in [1.29, 1.82) is 0 Å². The first-order valence-electron chi connectivity index (χ1n) is 11.5. The van der Waals surface area contributed by atoms with Crippen molar-refractivity contribution in [1.82, 2.24) is 19.9 Å². The number of pyridine rings is 2. The van der Waals surface area contributed by atoms with E-state index in [-0.39, 0.29) is 5.56 Å². The smallest absolute Gasteiger partial charge is 0.251 e. The molecular formula is C26H23F2N5O3. The van der Waals surface area contributed by atoms with Gasteiger partial charge in [0, 0.05) is 53.3 Å². The molecule has 3 N–H and O–H groups in total. The summed E-state index contributed by atoms with van der Waals surface area (Å²) in [6, 6.07) is 7.02. The molecule has 184 valence electrons. The van der Waals surface area contributed by atoms with E-state index in [1.54, 1.807) is 24.5 Å². The SMILES string of the molecule is NC(=O)c1ccc(F)c(C(=O)c2c[nH]c3ncc(-c4ccc(OCCN5CCCC5)nc4)cc23)c1F. The Morgan fingerprint density at radius 2 is 1.81 bits per heavy atom. The Hall–Kier alpha value is -4.18. The lowest BCUT2D eigenvalue weighted by atomic mass is 9.98. The number of H-pyrrole nitrogens is 1. The molecule has 0 radical (unpaired) electrons. The molecule has 3 aromatic heterocycles. The molecule has 1 aromatic carbocycles. The van der Waals surface area contributed by atoms with Crippen molar-refractivity contribution in [2.24, 2.45) is 5.73 Å². The van der Waals surface area contributed by atoms with Crippen LogP contribution in [-0.4, -0.2) is 57.8 Å². The molecule has 0 bridgehead atoms. The highest BCUT2D eigenvalue weighted by Gasteiger charge is 2.26. The normalized spacial score (nSPS) is 13.8. The number of aromatic amines is 1. The van der Waals surface area contributed by atoms with Gasteiger partial charge in [-0.3, -0.25) is 14.5 Å². The molecule has 4 heterocycles. The molecule has 0 unspecified atom stereocenters. The number of likely N-dealkylation sites (tertiary alicyclic amines) is 1. The minimum Gasteiger partial charge on any atom is -0.476 e. The highest BCUT2D eigenvalue weighted by atomic mass is 19.1. The number of primary amides is 1. The monoisotopic (exact) mass is 491 g/mol. The van der Waals surface area contributed by atoms with E-state index in [0.717, 1.165) is 37.3 Å². The number of benzene rings is 1. The molecule has 10 heteroatoms. The molecule has 36 heavy (non-hydrogen) atoms. The lowest BCUT2D eigenvalue weighted by Crippen LogP contribution is -2.25. The zero-order valence-corrected chi connectivity index (χ0v) is 19.3. The minimum atomic E-state index is -1.30. The Labute approximate surface area is 205 Å². The summed E-state index contributed by atoms with van der Waals surface area (Å²) >= 11 is 0. The van der Waals surface area contributed by atoms with Crippen molar-refractivity contribution in [3.05, 3.63) is 77.2 Å². The van der Waals surface area contributed by atoms with Gasteiger partial charge in [-0.25, -0.2) is 18.7 Å². The van der Waals surface area contributed by atoms with E-state index in [9.17, 15) is 18.4 Å². The Balaban J connectivity index is 1.39. The van der Waals surface area contributed by atoms with Gasteiger partial charge >= 0.3 is 0 Å². The first-order valence-corrected chi connectivity index (χ1v) is 11.5. The molecule has 5 rings (SSSR count). The highest BCUT2D eigenvalue weighted by molar-refractivity contribution is 6.17. The zero-order chi connectivity index (χ0) is 25.2. The fourth-order valence-electron chi connectivity index (χ4n) is 4.36. The van der Waals surface area contributed by atoms with Gasteiger partial charge in [-0.1, -0.05) is 0 Å². The number of ketones is 1. The minimum absolute atomic E-state index is 0.00796. The van der Waals surface area contributed by atoms with Gasteiger partial charge in [0.15, 0.2) is 0 Å². The van der Waals surface area contributed by atoms with E-state index in [1.165, 1.54) is 19.0 Å². The van der Waals surface area contributed by atoms with E-state index in [4.69, 9.17) is 10.5 Å². The third kappa shape index (κ3) is 4.55. The fourth-order valence-corrected chi connectivity index (χ4v) is 4.36. The maximum Gasteiger partial charge on any atom is 0.251 e. The van der Waals surface area contributed by atoms with Crippen LogP contribution in [0.2, 0.25) is 0 Å². The number of halogens is 2. The van der Waals surface area contributed by atoms with Crippen LogP contribution < -0.4 is 10.5 Å². The van der Waals surface area contributed by atoms with Gasteiger partial charge in [0.25, 0.3) is 5.91 Å². The molecule has 1 saturated heterocycles. The number of hydrogen-bond donors (Lipinski definition) is 2. The number of rotatable bonds is 8. The summed E-state index contributed by atoms with van der Waals surface area (Å²) in [5.74, 6) is -3.91. The van der Waals surface area contributed by atoms with Crippen molar-refractivity contribution in [2.45, 2.75) is 12.8 Å². The summed E-state index contributed by atoms with van der Waals surface area (Å²) in [6.07, 6.45) is 7.02. The van der Waals surface area contributed by atoms with Gasteiger partial charge in [0.2, 0.25) is 11.7 Å². The van der Waals surface area contributed by atoms with E-state index in [2.05, 4.69) is 19.9 Å². The average molecular weight is 491 g/mol. The van der Waals surface area contributed by atoms with Crippen LogP contribution in [0.4, 0.5) is 8.78 Å². The van der Waals surface area contributed by atoms with Gasteiger partial charge < -0.3 is 15.5 Å². The molecule has 0 spiro atoms. The standard InChI is InChI=1S/C26H23F2N5O3/c27-20-5-4-17(25(29)35)23(28)22(20)24(34)19-14-32-26-18(19)11-16(13-31-26)15-3-6-21(30-12-15)36-10-9-33-7-1-2-8-33/h3-6,11-14H,1-2,7-10H2,(H2,29,35)(H,31,32). The van der Waals surface area contributed by atoms with Crippen LogP contribution in [0.5, 0.6) is 5.88 Å². The second-order valence-electron chi connectivity index (χ2n) is 8.58. The number of hydrogen-bond acceptors (Lipinski definition) is 6. The van der Waals surface area contributed by atoms with Gasteiger partial charge in [-0.15, -0.1) is 0 Å². The molecule has 1 amide bonds. The van der Waals surface area contributed by atoms with Crippen LogP contribution in [0.1, 0.15) is 39.1 Å². The average Bonchev–Trinajstić information content (AvgIpc) is 3.54. The second kappa shape index (κ2) is 9.82. The maximum absolute atomic E-state index is 14.8. The van der Waals surface area contributed by atoms with Crippen LogP contribution in [0.3, 0.4) is 0 Å². The Kier molecular flexibility index (Phi) is 6.43. The third-order valence-corrected chi connectivity index (χ3v) is 6.29. The molecule has 4 aromatic rings. The number of aromatic nitrogens is 3. The van der Waals surface area contributed by atoms with Gasteiger partial charge in [0.05, 0.1) is 11.1 Å². The third-order valence-electron chi connectivity index (χ3n) is 6.29. The molecule has 8 nitrogen and oxygen atoms in total. The van der Waals surface area contributed by atoms with Crippen molar-refractivity contribution >= 4 is 22.7 Å². The number of ether oxygens (including phenoxy) is 1. The van der Waals surface area contributed by atoms with Gasteiger partial charge in [-0.2, -0.15) is 0 Å². The van der Waals surface area contributed by atoms with Gasteiger partial charge in [-0.05, 0) is 50.2 Å². The number of nitrogens with one attached hydrogen (secondary N) is 1. The van der Waals surface area contributed by atoms with Crippen molar-refractivity contribution < 1.29 is 23.1 Å². The first kappa shape index (κ1) is 23.6. The molecule has 1 fully saturated rings. The topological polar surface area (TPSA) is 114 Å². The molecule has 1 aliphatic rings. The lowest BCUT2D eigenvalue weighted by Gasteiger charge is -2.14. The summed E-state index contributed by atoms with van der Waals surface area (Å²) in [6.45, 7) is 3.62. The number of carbonyl (C=O) groups is 2. The van der Waals surface area contributed by atoms with Crippen molar-refractivity contribution in [2.75, 3.05) is 26.2 Å². The zero-order valence-electron chi connectivity index (χ0n) is 19.3. The van der Waals surface area contributed by atoms with E-state index < -0.39 is 34.5 Å². The molecular weight excluding hydrogens is 468 g/mol. The number of carbonyl (C=O) groups excluding carboxylic acids is 2. The molecule has 0 atom stereocenters. The quantitative estimate of drug-likeness (QED) is 0.363. The summed E-state index contributed by atoms with van der Waals surface area (Å²) in [4.78, 5) is 38.5. The summed E-state index contributed by atoms with van der Waals surface area (Å²) in [5, 5.41) is 0.367. The molecule has 1 aliphatic heterocycles. The Morgan fingerprint density at radius 3 is 2.53 bits per heavy atom. The molecule has 0 saturated carbocycles. The first-order chi connectivity index (χ1) is 17.4. The molecule has 0 aliphatic carbocycles. The van der Waals surface area contributed by atoms with Gasteiger partial charge in [0.1, 0.15) is 23.9 Å². The summed E-state index contributed by atoms with van der Waals surface area (Å²) in [5.41, 5.74) is 5.48. The van der Waals surface area contributed by atoms with E-state index >= 15 is 0 Å². The number of amides is 1.